The molecule has 0 spiro atoms. The highest BCUT2D eigenvalue weighted by molar-refractivity contribution is 9.10. The summed E-state index contributed by atoms with van der Waals surface area (Å²) >= 11 is 3.61. The molecule has 1 radical (unpaired) electrons. The van der Waals surface area contributed by atoms with Gasteiger partial charge in [0.1, 0.15) is 5.75 Å². The number of benzene rings is 9. The van der Waals surface area contributed by atoms with Gasteiger partial charge in [0, 0.05) is 63.1 Å². The number of hydrogen-bond acceptors (Lipinski definition) is 2. The molecule has 2 saturated carbocycles. The Kier molecular flexibility index (Phi) is 14.8. The first-order chi connectivity index (χ1) is 47.9. The van der Waals surface area contributed by atoms with E-state index < -0.39 is 0 Å². The van der Waals surface area contributed by atoms with Gasteiger partial charge in [0.25, 0.3) is 0 Å². The van der Waals surface area contributed by atoms with Crippen molar-refractivity contribution in [2.75, 3.05) is 0 Å². The van der Waals surface area contributed by atoms with Gasteiger partial charge < -0.3 is 9.68 Å². The standard InChI is InChI=1S/C47H38.C25H20BO2.C22H17Br/c1-47(2)44-27-33(19-21-39(44)40-22-20-34(28-45(40)47)32-18-17-29-9-3-4-10-30(29)25-32)31-11-7-12-35(26-31)36-23-24-43-38-14-6-5-13-37(38)42-16-8-15-41(36)46(42)43;1-25(2)23-14-19(18-8-7-16-5-3-4-6-17(16)13-18)9-11-21(23)22-12-10-20(28-26-27)15-24(22)25;23-15-6-3-5-14(13-15)16-11-12-21-18-8-2-1-7-17(18)20-10-4-9-19(16)22(20)21/h3-28,37-39,41,44,46H,1-2H3;3-15,27H,1-2H3;1-13,17-19,22H. The Balaban J connectivity index is 0.000000116. The second-order valence-electron chi connectivity index (χ2n) is 29.4. The molecule has 0 amide bonds. The number of halogens is 1. The van der Waals surface area contributed by atoms with Crippen molar-refractivity contribution in [1.82, 2.24) is 0 Å². The molecular formula is C94H75BBrO2. The van der Waals surface area contributed by atoms with E-state index in [-0.39, 0.29) is 10.8 Å². The second kappa shape index (κ2) is 24.0. The van der Waals surface area contributed by atoms with Gasteiger partial charge in [-0.2, -0.15) is 0 Å². The van der Waals surface area contributed by atoms with E-state index in [0.29, 0.717) is 64.9 Å². The van der Waals surface area contributed by atoms with Gasteiger partial charge in [-0.3, -0.25) is 0 Å². The lowest BCUT2D eigenvalue weighted by Crippen LogP contribution is -2.25. The van der Waals surface area contributed by atoms with Crippen molar-refractivity contribution >= 4 is 61.9 Å². The van der Waals surface area contributed by atoms with E-state index in [0.717, 1.165) is 12.2 Å². The van der Waals surface area contributed by atoms with Gasteiger partial charge in [-0.25, -0.2) is 0 Å². The van der Waals surface area contributed by atoms with Crippen molar-refractivity contribution in [3.05, 3.63) is 381 Å². The first-order valence-electron chi connectivity index (χ1n) is 35.1. The quantitative estimate of drug-likeness (QED) is 0.161. The van der Waals surface area contributed by atoms with Crippen LogP contribution in [0, 0.1) is 53.3 Å². The van der Waals surface area contributed by atoms with Crippen LogP contribution in [0.1, 0.15) is 72.6 Å². The summed E-state index contributed by atoms with van der Waals surface area (Å²) in [6, 6.07) is 68.6. The molecule has 1 N–H and O–H groups in total. The molecule has 0 saturated heterocycles. The number of hydrogen-bond donors (Lipinski definition) is 1. The molecule has 0 bridgehead atoms. The maximum Gasteiger partial charge on any atom is 0.569 e. The van der Waals surface area contributed by atoms with E-state index >= 15 is 0 Å². The molecule has 10 unspecified atom stereocenters. The summed E-state index contributed by atoms with van der Waals surface area (Å²) in [5, 5.41) is 14.1. The van der Waals surface area contributed by atoms with E-state index in [2.05, 4.69) is 347 Å². The summed E-state index contributed by atoms with van der Waals surface area (Å²) in [6.45, 7) is 9.39. The van der Waals surface area contributed by atoms with Crippen LogP contribution in [-0.2, 0) is 10.8 Å². The normalized spacial score (nSPS) is 25.3. The van der Waals surface area contributed by atoms with Crippen molar-refractivity contribution < 1.29 is 9.68 Å². The van der Waals surface area contributed by atoms with E-state index in [1.165, 1.54) is 111 Å². The third-order valence-electron chi connectivity index (χ3n) is 23.7. The Morgan fingerprint density at radius 2 is 0.857 bits per heavy atom. The van der Waals surface area contributed by atoms with Gasteiger partial charge in [-0.15, -0.1) is 0 Å². The molecule has 20 rings (SSSR count). The predicted octanol–water partition coefficient (Wildman–Crippen LogP) is 23.2. The van der Waals surface area contributed by atoms with Crippen molar-refractivity contribution in [2.45, 2.75) is 44.4 Å². The number of rotatable bonds is 7. The van der Waals surface area contributed by atoms with Crippen molar-refractivity contribution in [3.63, 3.8) is 0 Å². The van der Waals surface area contributed by atoms with Crippen LogP contribution in [0.2, 0.25) is 0 Å². The predicted molar refractivity (Wildman–Crippen MR) is 413 cm³/mol. The maximum absolute atomic E-state index is 8.96. The third-order valence-corrected chi connectivity index (χ3v) is 24.2. The summed E-state index contributed by atoms with van der Waals surface area (Å²) < 4.78 is 6.33. The highest BCUT2D eigenvalue weighted by Crippen LogP contribution is 2.60. The molecule has 0 aliphatic heterocycles. The Morgan fingerprint density at radius 3 is 1.44 bits per heavy atom. The molecule has 10 atom stereocenters. The molecule has 11 aliphatic rings. The Labute approximate surface area is 585 Å². The molecule has 2 fully saturated rings. The fourth-order valence-corrected chi connectivity index (χ4v) is 19.2. The van der Waals surface area contributed by atoms with Crippen LogP contribution in [0.3, 0.4) is 0 Å². The van der Waals surface area contributed by atoms with Crippen LogP contribution in [0.5, 0.6) is 5.75 Å². The van der Waals surface area contributed by atoms with Gasteiger partial charge in [-0.1, -0.05) is 333 Å². The number of fused-ring (bicyclic) bond motifs is 14. The van der Waals surface area contributed by atoms with Crippen molar-refractivity contribution in [2.24, 2.45) is 53.3 Å². The molecule has 2 nitrogen and oxygen atoms in total. The lowest BCUT2D eigenvalue weighted by molar-refractivity contribution is 0.395. The zero-order chi connectivity index (χ0) is 66.0. The molecular weight excluding hydrogens is 1250 g/mol. The fourth-order valence-electron chi connectivity index (χ4n) is 18.8. The largest absolute Gasteiger partial charge is 0.569 e. The van der Waals surface area contributed by atoms with E-state index in [1.807, 2.05) is 12.1 Å². The van der Waals surface area contributed by atoms with Crippen molar-refractivity contribution in [1.29, 1.82) is 0 Å². The SMILES string of the molecule is Brc1cccc(C2=CC=C3C4C=CC=CC4C4=CC=CC2C43)c1.CC1(C)c2cc(-c3ccc4ccccc4c3)ccc2C2C=CC(c3cccc(C4=CC=C5C6C=CC=CC6C6=CC=CC4C65)c3)=CC21.CC1(C)c2cc(O[B]O)ccc2-c2ccc(-c3ccc4ccccc4c3)cc21. The van der Waals surface area contributed by atoms with Crippen LogP contribution in [0.25, 0.3) is 71.6 Å². The molecule has 473 valence electrons. The molecule has 0 heterocycles. The first-order valence-corrected chi connectivity index (χ1v) is 35.9. The smallest absolute Gasteiger partial charge is 0.537 e. The molecule has 9 aromatic rings. The van der Waals surface area contributed by atoms with Crippen LogP contribution < -0.4 is 4.65 Å². The number of allylic oxidation sites excluding steroid dienone is 28. The molecule has 11 aliphatic carbocycles. The molecule has 9 aromatic carbocycles. The van der Waals surface area contributed by atoms with Crippen LogP contribution >= 0.6 is 15.9 Å². The van der Waals surface area contributed by atoms with Crippen LogP contribution in [0.4, 0.5) is 0 Å². The zero-order valence-electron chi connectivity index (χ0n) is 55.6. The molecule has 0 aromatic heterocycles. The van der Waals surface area contributed by atoms with Crippen molar-refractivity contribution in [3.8, 4) is 39.1 Å². The summed E-state index contributed by atoms with van der Waals surface area (Å²) in [7, 11) is 0.731. The second-order valence-corrected chi connectivity index (χ2v) is 30.3. The first kappa shape index (κ1) is 60.6. The molecule has 98 heavy (non-hydrogen) atoms. The Hall–Kier alpha value is -9.84. The van der Waals surface area contributed by atoms with Crippen LogP contribution in [0.15, 0.2) is 342 Å². The molecule has 4 heteroatoms. The van der Waals surface area contributed by atoms with Gasteiger partial charge in [0.05, 0.1) is 0 Å². The third kappa shape index (κ3) is 10.1. The van der Waals surface area contributed by atoms with Gasteiger partial charge in [-0.05, 0) is 170 Å². The highest BCUT2D eigenvalue weighted by Gasteiger charge is 2.49. The van der Waals surface area contributed by atoms with Gasteiger partial charge in [0.2, 0.25) is 0 Å². The zero-order valence-corrected chi connectivity index (χ0v) is 57.2. The van der Waals surface area contributed by atoms with Gasteiger partial charge in [0.15, 0.2) is 0 Å². The van der Waals surface area contributed by atoms with Crippen LogP contribution in [-0.4, -0.2) is 12.7 Å². The summed E-state index contributed by atoms with van der Waals surface area (Å²) in [6.07, 6.45) is 49.6. The average molecular weight is 1330 g/mol. The maximum atomic E-state index is 8.96. The Bertz CT molecular complexity index is 5320. The summed E-state index contributed by atoms with van der Waals surface area (Å²) in [4.78, 5) is 0. The minimum atomic E-state index is -0.133. The topological polar surface area (TPSA) is 29.5 Å². The van der Waals surface area contributed by atoms with E-state index in [1.54, 1.807) is 22.3 Å². The monoisotopic (exact) mass is 1330 g/mol. The lowest BCUT2D eigenvalue weighted by atomic mass is 9.71. The Morgan fingerprint density at radius 1 is 0.378 bits per heavy atom. The fraction of sp³-hybridized carbons (Fsp3) is 0.170. The minimum Gasteiger partial charge on any atom is -0.537 e. The van der Waals surface area contributed by atoms with Gasteiger partial charge >= 0.3 is 7.69 Å². The van der Waals surface area contributed by atoms with E-state index in [9.17, 15) is 0 Å². The van der Waals surface area contributed by atoms with E-state index in [4.69, 9.17) is 9.68 Å². The minimum absolute atomic E-state index is 0.0331. The highest BCUT2D eigenvalue weighted by atomic mass is 79.9. The summed E-state index contributed by atoms with van der Waals surface area (Å²) in [5.74, 6) is 5.51. The summed E-state index contributed by atoms with van der Waals surface area (Å²) in [5.41, 5.74) is 27.5. The lowest BCUT2D eigenvalue weighted by Gasteiger charge is -2.32. The average Bonchev–Trinajstić information content (AvgIpc) is 1.59.